The molecule has 2 N–H and O–H groups in total. The molecule has 0 aliphatic rings. The van der Waals surface area contributed by atoms with Crippen molar-refractivity contribution in [3.05, 3.63) is 36.9 Å². The van der Waals surface area contributed by atoms with E-state index in [2.05, 4.69) is 21.5 Å². The van der Waals surface area contributed by atoms with Crippen LogP contribution in [0.15, 0.2) is 36.9 Å². The van der Waals surface area contributed by atoms with E-state index in [1.165, 1.54) is 0 Å². The molecule has 86 valence electrons. The van der Waals surface area contributed by atoms with Crippen LogP contribution in [0.25, 0.3) is 22.2 Å². The maximum Gasteiger partial charge on any atom is 0.116 e. The van der Waals surface area contributed by atoms with E-state index in [9.17, 15) is 5.11 Å². The smallest absolute Gasteiger partial charge is 0.116 e. The highest BCUT2D eigenvalue weighted by Gasteiger charge is 2.10. The van der Waals surface area contributed by atoms with Crippen LogP contribution in [0, 0.1) is 0 Å². The molecule has 0 atom stereocenters. The maximum absolute atomic E-state index is 9.56. The molecule has 0 fully saturated rings. The molecule has 4 heteroatoms. The number of phenols is 1. The van der Waals surface area contributed by atoms with E-state index in [0.717, 1.165) is 28.7 Å². The summed E-state index contributed by atoms with van der Waals surface area (Å²) in [5.41, 5.74) is 3.14. The molecule has 0 bridgehead atoms. The number of aromatic nitrogens is 3. The number of aromatic hydroxyl groups is 1. The van der Waals surface area contributed by atoms with Crippen LogP contribution in [0.3, 0.4) is 0 Å². The zero-order valence-corrected chi connectivity index (χ0v) is 9.51. The second kappa shape index (κ2) is 3.66. The van der Waals surface area contributed by atoms with Gasteiger partial charge in [-0.15, -0.1) is 0 Å². The van der Waals surface area contributed by atoms with E-state index in [1.807, 2.05) is 24.8 Å². The van der Waals surface area contributed by atoms with Crippen molar-refractivity contribution in [2.45, 2.75) is 13.5 Å². The Bertz CT molecular complexity index is 666. The van der Waals surface area contributed by atoms with E-state index in [4.69, 9.17) is 0 Å². The molecule has 2 aromatic heterocycles. The third kappa shape index (κ3) is 1.49. The van der Waals surface area contributed by atoms with Crippen LogP contribution in [0.1, 0.15) is 6.92 Å². The van der Waals surface area contributed by atoms with E-state index >= 15 is 0 Å². The van der Waals surface area contributed by atoms with Crippen LogP contribution in [0.5, 0.6) is 5.75 Å². The van der Waals surface area contributed by atoms with Crippen LogP contribution in [0.4, 0.5) is 0 Å². The topological polar surface area (TPSA) is 53.8 Å². The predicted octanol–water partition coefficient (Wildman–Crippen LogP) is 2.76. The Labute approximate surface area is 98.5 Å². The Hall–Kier alpha value is -2.23. The van der Waals surface area contributed by atoms with Gasteiger partial charge in [0.25, 0.3) is 0 Å². The normalized spacial score (nSPS) is 11.1. The number of benzene rings is 1. The Morgan fingerprint density at radius 1 is 1.41 bits per heavy atom. The van der Waals surface area contributed by atoms with Crippen LogP contribution in [-0.4, -0.2) is 19.6 Å². The third-order valence-corrected chi connectivity index (χ3v) is 2.99. The van der Waals surface area contributed by atoms with Gasteiger partial charge in [0.2, 0.25) is 0 Å². The molecule has 4 nitrogen and oxygen atoms in total. The Balaban J connectivity index is 2.27. The van der Waals surface area contributed by atoms with Gasteiger partial charge in [0.1, 0.15) is 5.75 Å². The van der Waals surface area contributed by atoms with Crippen molar-refractivity contribution in [3.8, 4) is 17.0 Å². The van der Waals surface area contributed by atoms with Crippen molar-refractivity contribution in [2.75, 3.05) is 0 Å². The molecule has 0 saturated heterocycles. The average Bonchev–Trinajstić information content (AvgIpc) is 2.93. The standard InChI is InChI=1S/C13H13N3O/c1-2-16-8-14-7-13(16)11-6-15-12-4-3-9(17)5-10(11)12/h3-8,15,17H,2H2,1H3. The van der Waals surface area contributed by atoms with Gasteiger partial charge in [-0.3, -0.25) is 0 Å². The third-order valence-electron chi connectivity index (χ3n) is 2.99. The molecule has 0 aliphatic carbocycles. The lowest BCUT2D eigenvalue weighted by molar-refractivity contribution is 0.476. The van der Waals surface area contributed by atoms with Gasteiger partial charge in [0.05, 0.1) is 18.2 Å². The highest BCUT2D eigenvalue weighted by molar-refractivity contribution is 5.95. The van der Waals surface area contributed by atoms with E-state index in [-0.39, 0.29) is 5.75 Å². The van der Waals surface area contributed by atoms with Gasteiger partial charge in [-0.05, 0) is 25.1 Å². The molecular weight excluding hydrogens is 214 g/mol. The number of hydrogen-bond donors (Lipinski definition) is 2. The highest BCUT2D eigenvalue weighted by atomic mass is 16.3. The molecule has 0 saturated carbocycles. The predicted molar refractivity (Wildman–Crippen MR) is 66.9 cm³/mol. The second-order valence-corrected chi connectivity index (χ2v) is 4.00. The fraction of sp³-hybridized carbons (Fsp3) is 0.154. The molecule has 0 spiro atoms. The summed E-state index contributed by atoms with van der Waals surface area (Å²) in [4.78, 5) is 7.37. The van der Waals surface area contributed by atoms with Crippen LogP contribution in [0.2, 0.25) is 0 Å². The summed E-state index contributed by atoms with van der Waals surface area (Å²) < 4.78 is 2.08. The number of aryl methyl sites for hydroxylation is 1. The second-order valence-electron chi connectivity index (χ2n) is 4.00. The molecule has 0 radical (unpaired) electrons. The van der Waals surface area contributed by atoms with Crippen molar-refractivity contribution in [1.29, 1.82) is 0 Å². The number of aromatic amines is 1. The average molecular weight is 227 g/mol. The summed E-state index contributed by atoms with van der Waals surface area (Å²) in [5, 5.41) is 10.6. The number of nitrogens with zero attached hydrogens (tertiary/aromatic N) is 2. The lowest BCUT2D eigenvalue weighted by atomic mass is 10.1. The van der Waals surface area contributed by atoms with E-state index < -0.39 is 0 Å². The zero-order chi connectivity index (χ0) is 11.8. The lowest BCUT2D eigenvalue weighted by Crippen LogP contribution is -1.93. The number of fused-ring (bicyclic) bond motifs is 1. The van der Waals surface area contributed by atoms with Crippen molar-refractivity contribution in [2.24, 2.45) is 0 Å². The fourth-order valence-corrected chi connectivity index (χ4v) is 2.12. The lowest BCUT2D eigenvalue weighted by Gasteiger charge is -2.03. The molecular formula is C13H13N3O. The van der Waals surface area contributed by atoms with Crippen LogP contribution >= 0.6 is 0 Å². The number of rotatable bonds is 2. The Morgan fingerprint density at radius 3 is 3.12 bits per heavy atom. The van der Waals surface area contributed by atoms with E-state index in [0.29, 0.717) is 0 Å². The molecule has 0 unspecified atom stereocenters. The molecule has 0 amide bonds. The minimum absolute atomic E-state index is 0.279. The highest BCUT2D eigenvalue weighted by Crippen LogP contribution is 2.30. The van der Waals surface area contributed by atoms with Gasteiger partial charge >= 0.3 is 0 Å². The number of imidazole rings is 1. The van der Waals surface area contributed by atoms with Gasteiger partial charge < -0.3 is 14.7 Å². The molecule has 3 aromatic rings. The Kier molecular flexibility index (Phi) is 2.14. The minimum Gasteiger partial charge on any atom is -0.508 e. The summed E-state index contributed by atoms with van der Waals surface area (Å²) in [5.74, 6) is 0.279. The summed E-state index contributed by atoms with van der Waals surface area (Å²) in [6.45, 7) is 2.96. The number of phenolic OH excluding ortho intramolecular Hbond substituents is 1. The molecule has 2 heterocycles. The van der Waals surface area contributed by atoms with Gasteiger partial charge in [0, 0.05) is 29.2 Å². The van der Waals surface area contributed by atoms with Crippen LogP contribution in [-0.2, 0) is 6.54 Å². The molecule has 17 heavy (non-hydrogen) atoms. The largest absolute Gasteiger partial charge is 0.508 e. The number of H-pyrrole nitrogens is 1. The van der Waals surface area contributed by atoms with Gasteiger partial charge in [-0.25, -0.2) is 4.98 Å². The van der Waals surface area contributed by atoms with E-state index in [1.54, 1.807) is 12.1 Å². The minimum atomic E-state index is 0.279. The van der Waals surface area contributed by atoms with Crippen molar-refractivity contribution >= 4 is 10.9 Å². The molecule has 0 aliphatic heterocycles. The first-order valence-corrected chi connectivity index (χ1v) is 5.60. The van der Waals surface area contributed by atoms with Crippen molar-refractivity contribution in [1.82, 2.24) is 14.5 Å². The first kappa shape index (κ1) is 9.96. The zero-order valence-electron chi connectivity index (χ0n) is 9.51. The van der Waals surface area contributed by atoms with Crippen molar-refractivity contribution in [3.63, 3.8) is 0 Å². The first-order valence-electron chi connectivity index (χ1n) is 5.60. The summed E-state index contributed by atoms with van der Waals surface area (Å²) in [7, 11) is 0. The van der Waals surface area contributed by atoms with Gasteiger partial charge in [0.15, 0.2) is 0 Å². The van der Waals surface area contributed by atoms with Gasteiger partial charge in [-0.2, -0.15) is 0 Å². The number of hydrogen-bond acceptors (Lipinski definition) is 2. The molecule has 1 aromatic carbocycles. The monoisotopic (exact) mass is 227 g/mol. The van der Waals surface area contributed by atoms with Crippen molar-refractivity contribution < 1.29 is 5.11 Å². The summed E-state index contributed by atoms with van der Waals surface area (Å²) in [6, 6.07) is 5.33. The summed E-state index contributed by atoms with van der Waals surface area (Å²) >= 11 is 0. The maximum atomic E-state index is 9.56. The number of nitrogens with one attached hydrogen (secondary N) is 1. The fourth-order valence-electron chi connectivity index (χ4n) is 2.12. The first-order chi connectivity index (χ1) is 8.29. The van der Waals surface area contributed by atoms with Crippen LogP contribution < -0.4 is 0 Å². The Morgan fingerprint density at radius 2 is 2.29 bits per heavy atom. The summed E-state index contributed by atoms with van der Waals surface area (Å²) in [6.07, 6.45) is 5.61. The van der Waals surface area contributed by atoms with Gasteiger partial charge in [-0.1, -0.05) is 0 Å². The molecule has 3 rings (SSSR count). The quantitative estimate of drug-likeness (QED) is 0.707. The SMILES string of the molecule is CCn1cncc1-c1c[nH]c2ccc(O)cc12.